The van der Waals surface area contributed by atoms with Crippen molar-refractivity contribution >= 4 is 22.9 Å². The molecule has 0 fully saturated rings. The van der Waals surface area contributed by atoms with Gasteiger partial charge in [0, 0.05) is 22.7 Å². The Bertz CT molecular complexity index is 830. The second-order valence-corrected chi connectivity index (χ2v) is 5.59. The number of hydrogen-bond acceptors (Lipinski definition) is 7. The lowest BCUT2D eigenvalue weighted by Gasteiger charge is -2.10. The SMILES string of the molecule is COc1ccc(NC(=O)Cc2nnc(-c3ccsc3)o2)cc1OC. The maximum absolute atomic E-state index is 12.1. The second kappa shape index (κ2) is 7.14. The Morgan fingerprint density at radius 3 is 2.75 bits per heavy atom. The summed E-state index contributed by atoms with van der Waals surface area (Å²) in [6.07, 6.45) is -0.00845. The normalized spacial score (nSPS) is 10.4. The van der Waals surface area contributed by atoms with E-state index < -0.39 is 0 Å². The zero-order valence-electron chi connectivity index (χ0n) is 13.1. The van der Waals surface area contributed by atoms with Gasteiger partial charge in [-0.3, -0.25) is 4.79 Å². The number of carbonyl (C=O) groups is 1. The number of nitrogens with zero attached hydrogens (tertiary/aromatic N) is 2. The molecule has 24 heavy (non-hydrogen) atoms. The van der Waals surface area contributed by atoms with Crippen LogP contribution in [0.1, 0.15) is 5.89 Å². The highest BCUT2D eigenvalue weighted by molar-refractivity contribution is 7.08. The van der Waals surface area contributed by atoms with Gasteiger partial charge in [-0.15, -0.1) is 10.2 Å². The van der Waals surface area contributed by atoms with Crippen molar-refractivity contribution in [3.63, 3.8) is 0 Å². The second-order valence-electron chi connectivity index (χ2n) is 4.81. The molecule has 0 aliphatic heterocycles. The number of benzene rings is 1. The predicted octanol–water partition coefficient (Wildman–Crippen LogP) is 3.00. The fourth-order valence-electron chi connectivity index (χ4n) is 2.08. The lowest BCUT2D eigenvalue weighted by molar-refractivity contribution is -0.115. The maximum atomic E-state index is 12.1. The first-order valence-electron chi connectivity index (χ1n) is 7.06. The van der Waals surface area contributed by atoms with E-state index in [0.717, 1.165) is 5.56 Å². The van der Waals surface area contributed by atoms with Crippen molar-refractivity contribution in [1.29, 1.82) is 0 Å². The van der Waals surface area contributed by atoms with Crippen LogP contribution in [-0.2, 0) is 11.2 Å². The van der Waals surface area contributed by atoms with Crippen LogP contribution in [0, 0.1) is 0 Å². The highest BCUT2D eigenvalue weighted by atomic mass is 32.1. The van der Waals surface area contributed by atoms with Crippen LogP contribution in [0.25, 0.3) is 11.5 Å². The fourth-order valence-corrected chi connectivity index (χ4v) is 2.71. The van der Waals surface area contributed by atoms with E-state index in [4.69, 9.17) is 13.9 Å². The Morgan fingerprint density at radius 1 is 1.21 bits per heavy atom. The molecule has 124 valence electrons. The molecule has 1 aromatic carbocycles. The van der Waals surface area contributed by atoms with Crippen molar-refractivity contribution in [2.45, 2.75) is 6.42 Å². The number of methoxy groups -OCH3 is 2. The van der Waals surface area contributed by atoms with Gasteiger partial charge in [-0.25, -0.2) is 0 Å². The van der Waals surface area contributed by atoms with Crippen LogP contribution in [0.4, 0.5) is 5.69 Å². The van der Waals surface area contributed by atoms with Gasteiger partial charge in [-0.05, 0) is 23.6 Å². The molecule has 3 rings (SSSR count). The summed E-state index contributed by atoms with van der Waals surface area (Å²) in [6.45, 7) is 0. The molecule has 1 amide bonds. The Hall–Kier alpha value is -2.87. The highest BCUT2D eigenvalue weighted by Gasteiger charge is 2.13. The molecule has 0 unspecified atom stereocenters. The third kappa shape index (κ3) is 3.54. The molecule has 1 N–H and O–H groups in total. The van der Waals surface area contributed by atoms with Gasteiger partial charge in [-0.2, -0.15) is 11.3 Å². The summed E-state index contributed by atoms with van der Waals surface area (Å²) in [4.78, 5) is 12.1. The topological polar surface area (TPSA) is 86.5 Å². The van der Waals surface area contributed by atoms with Gasteiger partial charge in [0.25, 0.3) is 0 Å². The first kappa shape index (κ1) is 16.0. The number of carbonyl (C=O) groups excluding carboxylic acids is 1. The predicted molar refractivity (Wildman–Crippen MR) is 89.5 cm³/mol. The van der Waals surface area contributed by atoms with Crippen molar-refractivity contribution < 1.29 is 18.7 Å². The number of nitrogens with one attached hydrogen (secondary N) is 1. The monoisotopic (exact) mass is 345 g/mol. The Morgan fingerprint density at radius 2 is 2.04 bits per heavy atom. The lowest BCUT2D eigenvalue weighted by atomic mass is 10.2. The van der Waals surface area contributed by atoms with Crippen LogP contribution in [0.5, 0.6) is 11.5 Å². The van der Waals surface area contributed by atoms with E-state index in [-0.39, 0.29) is 18.2 Å². The van der Waals surface area contributed by atoms with E-state index in [1.165, 1.54) is 18.4 Å². The van der Waals surface area contributed by atoms with E-state index in [2.05, 4.69) is 15.5 Å². The molecule has 0 radical (unpaired) electrons. The molecule has 0 aliphatic rings. The number of anilines is 1. The minimum atomic E-state index is -0.261. The van der Waals surface area contributed by atoms with Crippen molar-refractivity contribution in [2.75, 3.05) is 19.5 Å². The minimum Gasteiger partial charge on any atom is -0.493 e. The maximum Gasteiger partial charge on any atom is 0.248 e. The summed E-state index contributed by atoms with van der Waals surface area (Å²) < 4.78 is 15.9. The average molecular weight is 345 g/mol. The third-order valence-electron chi connectivity index (χ3n) is 3.21. The molecule has 7 nitrogen and oxygen atoms in total. The number of ether oxygens (including phenoxy) is 2. The first-order chi connectivity index (χ1) is 11.7. The number of rotatable bonds is 6. The first-order valence-corrected chi connectivity index (χ1v) is 8.00. The molecule has 0 saturated heterocycles. The molecule has 0 atom stereocenters. The summed E-state index contributed by atoms with van der Waals surface area (Å²) in [6, 6.07) is 7.01. The van der Waals surface area contributed by atoms with E-state index >= 15 is 0 Å². The molecule has 0 saturated carbocycles. The quantitative estimate of drug-likeness (QED) is 0.739. The number of amides is 1. The highest BCUT2D eigenvalue weighted by Crippen LogP contribution is 2.29. The van der Waals surface area contributed by atoms with Gasteiger partial charge >= 0.3 is 0 Å². The van der Waals surface area contributed by atoms with Crippen LogP contribution in [0.15, 0.2) is 39.4 Å². The number of hydrogen-bond donors (Lipinski definition) is 1. The summed E-state index contributed by atoms with van der Waals surface area (Å²) >= 11 is 1.54. The average Bonchev–Trinajstić information content (AvgIpc) is 3.25. The Balaban J connectivity index is 1.65. The van der Waals surface area contributed by atoms with Crippen molar-refractivity contribution in [1.82, 2.24) is 10.2 Å². The van der Waals surface area contributed by atoms with E-state index in [0.29, 0.717) is 23.1 Å². The van der Waals surface area contributed by atoms with Crippen LogP contribution >= 0.6 is 11.3 Å². The van der Waals surface area contributed by atoms with E-state index in [1.807, 2.05) is 16.8 Å². The van der Waals surface area contributed by atoms with E-state index in [9.17, 15) is 4.79 Å². The summed E-state index contributed by atoms with van der Waals surface area (Å²) in [5.74, 6) is 1.53. The fraction of sp³-hybridized carbons (Fsp3) is 0.188. The van der Waals surface area contributed by atoms with Gasteiger partial charge in [0.15, 0.2) is 11.5 Å². The van der Waals surface area contributed by atoms with Gasteiger partial charge in [0.2, 0.25) is 17.7 Å². The summed E-state index contributed by atoms with van der Waals surface area (Å²) in [5.41, 5.74) is 1.44. The van der Waals surface area contributed by atoms with Gasteiger partial charge in [0.05, 0.1) is 14.2 Å². The molecule has 8 heteroatoms. The van der Waals surface area contributed by atoms with Gasteiger partial charge in [-0.1, -0.05) is 0 Å². The van der Waals surface area contributed by atoms with Crippen LogP contribution in [-0.4, -0.2) is 30.3 Å². The molecular formula is C16H15N3O4S. The van der Waals surface area contributed by atoms with Crippen molar-refractivity contribution in [3.05, 3.63) is 40.9 Å². The van der Waals surface area contributed by atoms with E-state index in [1.54, 1.807) is 25.3 Å². The summed E-state index contributed by atoms with van der Waals surface area (Å²) in [5, 5.41) is 14.4. The molecule has 0 aliphatic carbocycles. The lowest BCUT2D eigenvalue weighted by Crippen LogP contribution is -2.14. The van der Waals surface area contributed by atoms with Gasteiger partial charge in [0.1, 0.15) is 6.42 Å². The Labute approximate surface area is 142 Å². The molecule has 0 bridgehead atoms. The molecular weight excluding hydrogens is 330 g/mol. The molecule has 3 aromatic rings. The van der Waals surface area contributed by atoms with Crippen LogP contribution in [0.3, 0.4) is 0 Å². The summed E-state index contributed by atoms with van der Waals surface area (Å²) in [7, 11) is 3.09. The Kier molecular flexibility index (Phi) is 4.76. The number of thiophene rings is 1. The zero-order chi connectivity index (χ0) is 16.9. The molecule has 2 heterocycles. The van der Waals surface area contributed by atoms with Crippen LogP contribution in [0.2, 0.25) is 0 Å². The van der Waals surface area contributed by atoms with Gasteiger partial charge < -0.3 is 19.2 Å². The third-order valence-corrected chi connectivity index (χ3v) is 3.90. The zero-order valence-corrected chi connectivity index (χ0v) is 13.9. The standard InChI is InChI=1S/C16H15N3O4S/c1-21-12-4-3-11(7-13(12)22-2)17-14(20)8-15-18-19-16(23-15)10-5-6-24-9-10/h3-7,9H,8H2,1-2H3,(H,17,20). The van der Waals surface area contributed by atoms with Crippen molar-refractivity contribution in [2.24, 2.45) is 0 Å². The largest absolute Gasteiger partial charge is 0.493 e. The number of aromatic nitrogens is 2. The molecule has 2 aromatic heterocycles. The minimum absolute atomic E-state index is 0.00845. The van der Waals surface area contributed by atoms with Crippen molar-refractivity contribution in [3.8, 4) is 23.0 Å². The smallest absolute Gasteiger partial charge is 0.248 e. The molecule has 0 spiro atoms. The van der Waals surface area contributed by atoms with Crippen LogP contribution < -0.4 is 14.8 Å².